The molecule has 35 heavy (non-hydrogen) atoms. The summed E-state index contributed by atoms with van der Waals surface area (Å²) in [5.74, 6) is 0.867. The Hall–Kier alpha value is -3.65. The third-order valence-corrected chi connectivity index (χ3v) is 8.40. The third kappa shape index (κ3) is 4.53. The van der Waals surface area contributed by atoms with E-state index in [1.165, 1.54) is 11.4 Å². The van der Waals surface area contributed by atoms with Gasteiger partial charge in [0.1, 0.15) is 5.52 Å². The molecule has 0 saturated carbocycles. The standard InChI is InChI=1S/C27H27N3O4S/c1-19-7-13-23(14-8-19)35(32,33)29(2)22-11-9-21(10-12-22)27(31)30-17-15-20(16-18-30)26-28-24-5-3-4-6-25(24)34-26/h3-14,20H,15-18H2,1-2H3. The van der Waals surface area contributed by atoms with Crippen molar-refractivity contribution < 1.29 is 17.6 Å². The van der Waals surface area contributed by atoms with Gasteiger partial charge in [-0.1, -0.05) is 29.8 Å². The number of hydrogen-bond acceptors (Lipinski definition) is 5. The van der Waals surface area contributed by atoms with Gasteiger partial charge in [-0.15, -0.1) is 0 Å². The summed E-state index contributed by atoms with van der Waals surface area (Å²) in [6, 6.07) is 21.2. The SMILES string of the molecule is Cc1ccc(S(=O)(=O)N(C)c2ccc(C(=O)N3CCC(c4nc5ccccc5o4)CC3)cc2)cc1. The molecule has 0 aliphatic carbocycles. The van der Waals surface area contributed by atoms with Gasteiger partial charge in [0.05, 0.1) is 10.6 Å². The summed E-state index contributed by atoms with van der Waals surface area (Å²) in [7, 11) is -2.16. The van der Waals surface area contributed by atoms with Crippen molar-refractivity contribution in [2.24, 2.45) is 0 Å². The minimum absolute atomic E-state index is 0.0587. The Labute approximate surface area is 205 Å². The van der Waals surface area contributed by atoms with Gasteiger partial charge in [0.15, 0.2) is 11.5 Å². The van der Waals surface area contributed by atoms with Crippen LogP contribution in [0.2, 0.25) is 0 Å². The van der Waals surface area contributed by atoms with Crippen LogP contribution in [0.3, 0.4) is 0 Å². The van der Waals surface area contributed by atoms with Gasteiger partial charge in [0.2, 0.25) is 0 Å². The summed E-state index contributed by atoms with van der Waals surface area (Å²) in [6.07, 6.45) is 1.57. The lowest BCUT2D eigenvalue weighted by Crippen LogP contribution is -2.38. The van der Waals surface area contributed by atoms with E-state index in [1.54, 1.807) is 48.5 Å². The summed E-state index contributed by atoms with van der Waals surface area (Å²) in [5, 5.41) is 0. The number of carbonyl (C=O) groups excluding carboxylic acids is 1. The number of hydrogen-bond donors (Lipinski definition) is 0. The van der Waals surface area contributed by atoms with Gasteiger partial charge in [-0.2, -0.15) is 0 Å². The fourth-order valence-corrected chi connectivity index (χ4v) is 5.59. The van der Waals surface area contributed by atoms with Crippen LogP contribution in [0.15, 0.2) is 82.1 Å². The van der Waals surface area contributed by atoms with E-state index in [9.17, 15) is 13.2 Å². The Morgan fingerprint density at radius 2 is 1.63 bits per heavy atom. The zero-order valence-electron chi connectivity index (χ0n) is 19.7. The van der Waals surface area contributed by atoms with Crippen LogP contribution in [0.5, 0.6) is 0 Å². The predicted molar refractivity (Wildman–Crippen MR) is 135 cm³/mol. The Balaban J connectivity index is 1.24. The lowest BCUT2D eigenvalue weighted by atomic mass is 9.96. The van der Waals surface area contributed by atoms with Crippen LogP contribution in [0.1, 0.15) is 40.6 Å². The highest BCUT2D eigenvalue weighted by Crippen LogP contribution is 2.31. The molecular weight excluding hydrogens is 462 g/mol. The smallest absolute Gasteiger partial charge is 0.264 e. The van der Waals surface area contributed by atoms with E-state index in [1.807, 2.05) is 36.1 Å². The van der Waals surface area contributed by atoms with Crippen molar-refractivity contribution >= 4 is 32.7 Å². The Morgan fingerprint density at radius 3 is 2.29 bits per heavy atom. The number of anilines is 1. The zero-order chi connectivity index (χ0) is 24.6. The fraction of sp³-hybridized carbons (Fsp3) is 0.259. The van der Waals surface area contributed by atoms with Gasteiger partial charge < -0.3 is 9.32 Å². The Kier molecular flexibility index (Phi) is 6.06. The van der Waals surface area contributed by atoms with E-state index < -0.39 is 10.0 Å². The number of amides is 1. The molecule has 1 saturated heterocycles. The number of para-hydroxylation sites is 2. The average Bonchev–Trinajstić information content (AvgIpc) is 3.33. The van der Waals surface area contributed by atoms with Crippen LogP contribution < -0.4 is 4.31 Å². The average molecular weight is 490 g/mol. The molecule has 4 aromatic rings. The second kappa shape index (κ2) is 9.19. The topological polar surface area (TPSA) is 83.7 Å². The summed E-state index contributed by atoms with van der Waals surface area (Å²) in [6.45, 7) is 3.14. The third-order valence-electron chi connectivity index (χ3n) is 6.60. The highest BCUT2D eigenvalue weighted by Gasteiger charge is 2.28. The van der Waals surface area contributed by atoms with Crippen molar-refractivity contribution in [3.63, 3.8) is 0 Å². The van der Waals surface area contributed by atoms with Crippen molar-refractivity contribution in [3.8, 4) is 0 Å². The first-order chi connectivity index (χ1) is 16.8. The number of likely N-dealkylation sites (tertiary alicyclic amines) is 1. The highest BCUT2D eigenvalue weighted by atomic mass is 32.2. The number of benzene rings is 3. The second-order valence-electron chi connectivity index (χ2n) is 8.92. The predicted octanol–water partition coefficient (Wildman–Crippen LogP) is 4.98. The number of piperidine rings is 1. The van der Waals surface area contributed by atoms with E-state index >= 15 is 0 Å². The summed E-state index contributed by atoms with van der Waals surface area (Å²) in [4.78, 5) is 19.7. The molecule has 0 N–H and O–H groups in total. The molecule has 0 spiro atoms. The lowest BCUT2D eigenvalue weighted by molar-refractivity contribution is 0.0706. The quantitative estimate of drug-likeness (QED) is 0.395. The Bertz CT molecular complexity index is 1420. The van der Waals surface area contributed by atoms with Crippen LogP contribution in [0, 0.1) is 6.92 Å². The Morgan fingerprint density at radius 1 is 0.971 bits per heavy atom. The van der Waals surface area contributed by atoms with Crippen LogP contribution in [-0.2, 0) is 10.0 Å². The molecule has 7 nitrogen and oxygen atoms in total. The molecule has 0 radical (unpaired) electrons. The first-order valence-electron chi connectivity index (χ1n) is 11.6. The monoisotopic (exact) mass is 489 g/mol. The van der Waals surface area contributed by atoms with Gasteiger partial charge in [-0.3, -0.25) is 9.10 Å². The second-order valence-corrected chi connectivity index (χ2v) is 10.9. The number of oxazole rings is 1. The van der Waals surface area contributed by atoms with Gasteiger partial charge in [0, 0.05) is 31.6 Å². The first-order valence-corrected chi connectivity index (χ1v) is 13.1. The molecule has 180 valence electrons. The van der Waals surface area contributed by atoms with Gasteiger partial charge >= 0.3 is 0 Å². The molecule has 0 unspecified atom stereocenters. The van der Waals surface area contributed by atoms with E-state index in [0.29, 0.717) is 24.3 Å². The highest BCUT2D eigenvalue weighted by molar-refractivity contribution is 7.92. The summed E-state index contributed by atoms with van der Waals surface area (Å²) < 4.78 is 33.1. The molecule has 2 heterocycles. The maximum absolute atomic E-state index is 13.1. The number of nitrogens with zero attached hydrogens (tertiary/aromatic N) is 3. The molecule has 3 aromatic carbocycles. The molecule has 8 heteroatoms. The fourth-order valence-electron chi connectivity index (χ4n) is 4.40. The number of aryl methyl sites for hydroxylation is 1. The summed E-state index contributed by atoms with van der Waals surface area (Å²) >= 11 is 0. The zero-order valence-corrected chi connectivity index (χ0v) is 20.5. The number of fused-ring (bicyclic) bond motifs is 1. The summed E-state index contributed by atoms with van der Waals surface area (Å²) in [5.41, 5.74) is 3.67. The molecular formula is C27H27N3O4S. The van der Waals surface area contributed by atoms with E-state index in [2.05, 4.69) is 4.98 Å². The minimum Gasteiger partial charge on any atom is -0.440 e. The number of rotatable bonds is 5. The molecule has 0 atom stereocenters. The maximum atomic E-state index is 13.1. The van der Waals surface area contributed by atoms with Crippen LogP contribution in [-0.4, -0.2) is 44.3 Å². The molecule has 1 aliphatic heterocycles. The maximum Gasteiger partial charge on any atom is 0.264 e. The first kappa shape index (κ1) is 23.1. The molecule has 1 aromatic heterocycles. The number of carbonyl (C=O) groups is 1. The van der Waals surface area contributed by atoms with Crippen molar-refractivity contribution in [2.75, 3.05) is 24.4 Å². The van der Waals surface area contributed by atoms with Crippen molar-refractivity contribution in [1.29, 1.82) is 0 Å². The van der Waals surface area contributed by atoms with Crippen LogP contribution in [0.25, 0.3) is 11.1 Å². The molecule has 5 rings (SSSR count). The lowest BCUT2D eigenvalue weighted by Gasteiger charge is -2.30. The van der Waals surface area contributed by atoms with Gasteiger partial charge in [0.25, 0.3) is 15.9 Å². The largest absolute Gasteiger partial charge is 0.440 e. The molecule has 1 fully saturated rings. The van der Waals surface area contributed by atoms with Crippen LogP contribution >= 0.6 is 0 Å². The van der Waals surface area contributed by atoms with Gasteiger partial charge in [-0.25, -0.2) is 13.4 Å². The molecule has 1 amide bonds. The number of aromatic nitrogens is 1. The van der Waals surface area contributed by atoms with E-state index in [0.717, 1.165) is 35.4 Å². The van der Waals surface area contributed by atoms with Gasteiger partial charge in [-0.05, 0) is 68.3 Å². The molecule has 1 aliphatic rings. The normalized spacial score (nSPS) is 14.9. The van der Waals surface area contributed by atoms with E-state index in [-0.39, 0.29) is 16.7 Å². The van der Waals surface area contributed by atoms with E-state index in [4.69, 9.17) is 4.42 Å². The van der Waals surface area contributed by atoms with Crippen molar-refractivity contribution in [1.82, 2.24) is 9.88 Å². The van der Waals surface area contributed by atoms with Crippen molar-refractivity contribution in [2.45, 2.75) is 30.6 Å². The number of sulfonamides is 1. The minimum atomic E-state index is -3.68. The van der Waals surface area contributed by atoms with Crippen LogP contribution in [0.4, 0.5) is 5.69 Å². The van der Waals surface area contributed by atoms with Crippen molar-refractivity contribution in [3.05, 3.63) is 89.8 Å². The molecule has 0 bridgehead atoms.